The first-order valence-electron chi connectivity index (χ1n) is 7.01. The van der Waals surface area contributed by atoms with Gasteiger partial charge in [0.15, 0.2) is 0 Å². The van der Waals surface area contributed by atoms with Gasteiger partial charge in [-0.2, -0.15) is 5.10 Å². The van der Waals surface area contributed by atoms with Crippen LogP contribution in [0.5, 0.6) is 0 Å². The van der Waals surface area contributed by atoms with Gasteiger partial charge in [0.05, 0.1) is 6.20 Å². The summed E-state index contributed by atoms with van der Waals surface area (Å²) in [6, 6.07) is 0. The number of rotatable bonds is 8. The largest absolute Gasteiger partial charge is 0.481 e. The molecule has 0 fully saturated rings. The van der Waals surface area contributed by atoms with Crippen LogP contribution in [0.25, 0.3) is 10.6 Å². The normalized spacial score (nSPS) is 10.6. The maximum absolute atomic E-state index is 12.0. The number of thiazole rings is 1. The molecule has 2 aromatic rings. The Morgan fingerprint density at radius 2 is 2.18 bits per heavy atom. The van der Waals surface area contributed by atoms with Gasteiger partial charge in [-0.25, -0.2) is 4.98 Å². The summed E-state index contributed by atoms with van der Waals surface area (Å²) in [7, 11) is 1.83. The fraction of sp³-hybridized carbons (Fsp3) is 0.429. The number of carboxylic acids is 1. The maximum atomic E-state index is 12.0. The number of aliphatic carboxylic acids is 1. The highest BCUT2D eigenvalue weighted by Gasteiger charge is 2.12. The second-order valence-corrected chi connectivity index (χ2v) is 5.76. The number of hydrogen-bond donors (Lipinski definition) is 2. The number of amides is 1. The molecule has 2 heterocycles. The molecule has 2 rings (SSSR count). The van der Waals surface area contributed by atoms with Crippen LogP contribution >= 0.6 is 11.3 Å². The number of aromatic nitrogens is 3. The Morgan fingerprint density at radius 3 is 2.86 bits per heavy atom. The summed E-state index contributed by atoms with van der Waals surface area (Å²) in [5.41, 5.74) is 1.29. The van der Waals surface area contributed by atoms with Crippen LogP contribution in [0.4, 0.5) is 0 Å². The van der Waals surface area contributed by atoms with Gasteiger partial charge in [-0.05, 0) is 12.8 Å². The lowest BCUT2D eigenvalue weighted by Crippen LogP contribution is -2.24. The minimum atomic E-state index is -0.783. The molecule has 0 saturated heterocycles. The molecule has 22 heavy (non-hydrogen) atoms. The van der Waals surface area contributed by atoms with Gasteiger partial charge in [0.2, 0.25) is 0 Å². The van der Waals surface area contributed by atoms with Crippen LogP contribution in [0.3, 0.4) is 0 Å². The van der Waals surface area contributed by atoms with E-state index in [4.69, 9.17) is 5.11 Å². The van der Waals surface area contributed by atoms with Gasteiger partial charge in [-0.3, -0.25) is 14.3 Å². The minimum Gasteiger partial charge on any atom is -0.481 e. The molecule has 2 N–H and O–H groups in total. The Morgan fingerprint density at radius 1 is 1.36 bits per heavy atom. The van der Waals surface area contributed by atoms with Crippen LogP contribution < -0.4 is 5.32 Å². The van der Waals surface area contributed by atoms with E-state index in [0.717, 1.165) is 23.4 Å². The predicted molar refractivity (Wildman–Crippen MR) is 82.8 cm³/mol. The molecule has 0 bridgehead atoms. The second-order valence-electron chi connectivity index (χ2n) is 4.90. The quantitative estimate of drug-likeness (QED) is 0.724. The van der Waals surface area contributed by atoms with E-state index < -0.39 is 5.97 Å². The number of nitrogens with one attached hydrogen (secondary N) is 1. The Labute approximate surface area is 132 Å². The van der Waals surface area contributed by atoms with E-state index in [2.05, 4.69) is 15.4 Å². The summed E-state index contributed by atoms with van der Waals surface area (Å²) < 4.78 is 1.69. The van der Waals surface area contributed by atoms with Crippen molar-refractivity contribution in [1.82, 2.24) is 20.1 Å². The molecule has 118 valence electrons. The summed E-state index contributed by atoms with van der Waals surface area (Å²) >= 11 is 1.40. The van der Waals surface area contributed by atoms with E-state index in [1.54, 1.807) is 16.3 Å². The Balaban J connectivity index is 1.76. The summed E-state index contributed by atoms with van der Waals surface area (Å²) in [5, 5.41) is 17.9. The van der Waals surface area contributed by atoms with Crippen molar-refractivity contribution in [2.24, 2.45) is 7.05 Å². The third kappa shape index (κ3) is 4.66. The van der Waals surface area contributed by atoms with Crippen LogP contribution in [0.15, 0.2) is 17.8 Å². The molecule has 0 spiro atoms. The van der Waals surface area contributed by atoms with Crippen molar-refractivity contribution < 1.29 is 14.7 Å². The highest BCUT2D eigenvalue weighted by atomic mass is 32.1. The van der Waals surface area contributed by atoms with E-state index in [9.17, 15) is 9.59 Å². The molecule has 0 aromatic carbocycles. The first-order valence-corrected chi connectivity index (χ1v) is 7.89. The number of aryl methyl sites for hydroxylation is 1. The highest BCUT2D eigenvalue weighted by Crippen LogP contribution is 2.22. The van der Waals surface area contributed by atoms with Gasteiger partial charge >= 0.3 is 5.97 Å². The average Bonchev–Trinajstić information content (AvgIpc) is 3.10. The number of carboxylic acid groups (broad SMARTS) is 1. The van der Waals surface area contributed by atoms with Crippen LogP contribution in [0, 0.1) is 0 Å². The zero-order chi connectivity index (χ0) is 15.9. The SMILES string of the molecule is Cn1cc(-c2nc(C(=O)NCCCCCC(=O)O)cs2)cn1. The van der Waals surface area contributed by atoms with Crippen molar-refractivity contribution >= 4 is 23.2 Å². The molecule has 0 aliphatic carbocycles. The summed E-state index contributed by atoms with van der Waals surface area (Å²) in [4.78, 5) is 26.6. The van der Waals surface area contributed by atoms with Crippen molar-refractivity contribution in [3.05, 3.63) is 23.5 Å². The van der Waals surface area contributed by atoms with Crippen LogP contribution in [-0.4, -0.2) is 38.3 Å². The molecule has 2 aromatic heterocycles. The monoisotopic (exact) mass is 322 g/mol. The molecular formula is C14H18N4O3S. The van der Waals surface area contributed by atoms with E-state index in [1.807, 2.05) is 13.2 Å². The van der Waals surface area contributed by atoms with E-state index in [0.29, 0.717) is 18.7 Å². The van der Waals surface area contributed by atoms with Crippen molar-refractivity contribution in [2.75, 3.05) is 6.54 Å². The maximum Gasteiger partial charge on any atom is 0.303 e. The standard InChI is InChI=1S/C14H18N4O3S/c1-18-8-10(7-16-18)14-17-11(9-22-14)13(21)15-6-4-2-3-5-12(19)20/h7-9H,2-6H2,1H3,(H,15,21)(H,19,20). The molecule has 0 saturated carbocycles. The molecule has 8 heteroatoms. The first kappa shape index (κ1) is 16.2. The van der Waals surface area contributed by atoms with Gasteiger partial charge in [0.1, 0.15) is 10.7 Å². The third-order valence-electron chi connectivity index (χ3n) is 3.04. The molecule has 0 aliphatic rings. The molecular weight excluding hydrogens is 304 g/mol. The predicted octanol–water partition coefficient (Wildman–Crippen LogP) is 1.92. The molecule has 7 nitrogen and oxygen atoms in total. The number of hydrogen-bond acceptors (Lipinski definition) is 5. The topological polar surface area (TPSA) is 97.1 Å². The van der Waals surface area contributed by atoms with Crippen LogP contribution in [0.1, 0.15) is 36.2 Å². The van der Waals surface area contributed by atoms with Crippen molar-refractivity contribution in [1.29, 1.82) is 0 Å². The van der Waals surface area contributed by atoms with E-state index in [1.165, 1.54) is 11.3 Å². The Hall–Kier alpha value is -2.22. The lowest BCUT2D eigenvalue weighted by molar-refractivity contribution is -0.137. The zero-order valence-electron chi connectivity index (χ0n) is 12.3. The van der Waals surface area contributed by atoms with Crippen molar-refractivity contribution in [2.45, 2.75) is 25.7 Å². The fourth-order valence-corrected chi connectivity index (χ4v) is 2.69. The number of nitrogens with zero attached hydrogens (tertiary/aromatic N) is 3. The lowest BCUT2D eigenvalue weighted by Gasteiger charge is -2.02. The smallest absolute Gasteiger partial charge is 0.303 e. The molecule has 1 amide bonds. The molecule has 0 unspecified atom stereocenters. The summed E-state index contributed by atoms with van der Waals surface area (Å²) in [6.45, 7) is 0.526. The third-order valence-corrected chi connectivity index (χ3v) is 3.93. The van der Waals surface area contributed by atoms with Crippen molar-refractivity contribution in [3.63, 3.8) is 0 Å². The van der Waals surface area contributed by atoms with Gasteiger partial charge < -0.3 is 10.4 Å². The average molecular weight is 322 g/mol. The van der Waals surface area contributed by atoms with Gasteiger partial charge in [-0.15, -0.1) is 11.3 Å². The van der Waals surface area contributed by atoms with Crippen molar-refractivity contribution in [3.8, 4) is 10.6 Å². The number of carbonyl (C=O) groups is 2. The number of carbonyl (C=O) groups excluding carboxylic acids is 1. The van der Waals surface area contributed by atoms with E-state index >= 15 is 0 Å². The fourth-order valence-electron chi connectivity index (χ4n) is 1.91. The highest BCUT2D eigenvalue weighted by molar-refractivity contribution is 7.13. The Kier molecular flexibility index (Phi) is 5.65. The first-order chi connectivity index (χ1) is 10.6. The Bertz CT molecular complexity index is 650. The van der Waals surface area contributed by atoms with Gasteiger partial charge in [-0.1, -0.05) is 6.42 Å². The lowest BCUT2D eigenvalue weighted by atomic mass is 10.2. The molecule has 0 aliphatic heterocycles. The summed E-state index contributed by atoms with van der Waals surface area (Å²) in [6.07, 6.45) is 5.91. The van der Waals surface area contributed by atoms with Gasteiger partial charge in [0, 0.05) is 37.2 Å². The second kappa shape index (κ2) is 7.69. The van der Waals surface area contributed by atoms with Crippen LogP contribution in [-0.2, 0) is 11.8 Å². The molecule has 0 radical (unpaired) electrons. The zero-order valence-corrected chi connectivity index (χ0v) is 13.1. The number of unbranched alkanes of at least 4 members (excludes halogenated alkanes) is 2. The van der Waals surface area contributed by atoms with Gasteiger partial charge in [0.25, 0.3) is 5.91 Å². The van der Waals surface area contributed by atoms with Crippen LogP contribution in [0.2, 0.25) is 0 Å². The van der Waals surface area contributed by atoms with E-state index in [-0.39, 0.29) is 12.3 Å². The minimum absolute atomic E-state index is 0.175. The summed E-state index contributed by atoms with van der Waals surface area (Å²) in [5.74, 6) is -0.987. The molecule has 0 atom stereocenters.